The van der Waals surface area contributed by atoms with Crippen LogP contribution in [0.1, 0.15) is 56.9 Å². The maximum atomic E-state index is 12.1. The van der Waals surface area contributed by atoms with Crippen molar-refractivity contribution < 1.29 is 57.2 Å². The van der Waals surface area contributed by atoms with Gasteiger partial charge in [-0.05, 0) is 62.9 Å². The maximum Gasteiger partial charge on any atom is 0.453 e. The number of methoxy groups -OCH3 is 1. The van der Waals surface area contributed by atoms with Crippen LogP contribution < -0.4 is 0 Å². The third-order valence-electron chi connectivity index (χ3n) is 5.27. The summed E-state index contributed by atoms with van der Waals surface area (Å²) < 4.78 is 29.3. The van der Waals surface area contributed by atoms with Gasteiger partial charge >= 0.3 is 36.6 Å². The Bertz CT molecular complexity index is 1580. The molecule has 2 aromatic rings. The molecule has 0 aliphatic rings. The van der Waals surface area contributed by atoms with Crippen LogP contribution in [0.3, 0.4) is 0 Å². The quantitative estimate of drug-likeness (QED) is 0.183. The average molecular weight is 671 g/mol. The van der Waals surface area contributed by atoms with Crippen LogP contribution >= 0.6 is 0 Å². The topological polar surface area (TPSA) is 232 Å². The molecule has 0 atom stereocenters. The van der Waals surface area contributed by atoms with Gasteiger partial charge in [-0.15, -0.1) is 0 Å². The molecule has 0 aliphatic carbocycles. The molecule has 2 aromatic carbocycles. The summed E-state index contributed by atoms with van der Waals surface area (Å²) in [7, 11) is 1.07. The summed E-state index contributed by atoms with van der Waals surface area (Å²) in [6.45, 7) is 7.56. The minimum Gasteiger partial charge on any atom is -0.450 e. The fourth-order valence-corrected chi connectivity index (χ4v) is 3.51. The Kier molecular flexibility index (Phi) is 14.6. The molecule has 256 valence electrons. The minimum absolute atomic E-state index is 0.202. The van der Waals surface area contributed by atoms with Crippen molar-refractivity contribution in [2.45, 2.75) is 72.1 Å². The number of ether oxygens (including phenoxy) is 6. The summed E-state index contributed by atoms with van der Waals surface area (Å²) in [5.74, 6) is 0. The van der Waals surface area contributed by atoms with Crippen molar-refractivity contribution in [3.05, 3.63) is 70.8 Å². The van der Waals surface area contributed by atoms with E-state index in [9.17, 15) is 28.8 Å². The zero-order valence-corrected chi connectivity index (χ0v) is 27.0. The molecule has 0 N–H and O–H groups in total. The van der Waals surface area contributed by atoms with Crippen molar-refractivity contribution in [2.24, 2.45) is 30.7 Å². The summed E-state index contributed by atoms with van der Waals surface area (Å²) in [6, 6.07) is 13.3. The van der Waals surface area contributed by atoms with Crippen LogP contribution in [0.5, 0.6) is 0 Å². The summed E-state index contributed by atoms with van der Waals surface area (Å²) >= 11 is 0. The third-order valence-corrected chi connectivity index (χ3v) is 5.27. The van der Waals surface area contributed by atoms with Crippen LogP contribution in [0.4, 0.5) is 28.8 Å². The number of hydrogen-bond donors (Lipinski definition) is 0. The largest absolute Gasteiger partial charge is 0.453 e. The van der Waals surface area contributed by atoms with E-state index in [2.05, 4.69) is 35.4 Å². The molecule has 0 bridgehead atoms. The first-order chi connectivity index (χ1) is 22.5. The Morgan fingerprint density at radius 2 is 0.875 bits per heavy atom. The smallest absolute Gasteiger partial charge is 0.450 e. The zero-order chi connectivity index (χ0) is 35.7. The van der Waals surface area contributed by atoms with Crippen LogP contribution in [0.15, 0.2) is 79.2 Å². The van der Waals surface area contributed by atoms with Crippen LogP contribution in [0, 0.1) is 0 Å². The number of carbonyl (C=O) groups excluding carboxylic acids is 6. The first kappa shape index (κ1) is 38.2. The molecule has 0 fully saturated rings. The lowest BCUT2D eigenvalue weighted by atomic mass is 9.97. The molecule has 6 amide bonds. The van der Waals surface area contributed by atoms with Gasteiger partial charge in [-0.25, -0.2) is 28.8 Å². The predicted octanol–water partition coefficient (Wildman–Crippen LogP) is 7.81. The van der Waals surface area contributed by atoms with Gasteiger partial charge in [0.1, 0.15) is 31.0 Å². The second kappa shape index (κ2) is 18.3. The maximum absolute atomic E-state index is 12.1. The number of rotatable bonds is 9. The van der Waals surface area contributed by atoms with Crippen molar-refractivity contribution in [3.8, 4) is 0 Å². The summed E-state index contributed by atoms with van der Waals surface area (Å²) in [4.78, 5) is 70.0. The number of amides is 6. The van der Waals surface area contributed by atoms with Crippen LogP contribution in [-0.4, -0.2) is 54.9 Å². The van der Waals surface area contributed by atoms with Gasteiger partial charge in [0.15, 0.2) is 0 Å². The predicted molar refractivity (Wildman–Crippen MR) is 161 cm³/mol. The Balaban J connectivity index is 1.80. The molecule has 0 spiro atoms. The van der Waals surface area contributed by atoms with E-state index in [1.54, 1.807) is 83.1 Å². The molecule has 2 rings (SSSR count). The Labute approximate surface area is 274 Å². The SMILES string of the molecule is COC(=O)/N=N/C(=O)OCc1cccc(COC(=O)/N=N/C(=O)OCc2cccc(CC(C)(C)OC(=O)/N=N/C(=O)OC(C)(C)C)c2)c1. The van der Waals surface area contributed by atoms with E-state index in [0.29, 0.717) is 16.7 Å². The van der Waals surface area contributed by atoms with Gasteiger partial charge in [-0.1, -0.05) is 73.2 Å². The van der Waals surface area contributed by atoms with Gasteiger partial charge in [-0.3, -0.25) is 0 Å². The zero-order valence-electron chi connectivity index (χ0n) is 27.0. The summed E-state index contributed by atoms with van der Waals surface area (Å²) in [5.41, 5.74) is 0.488. The van der Waals surface area contributed by atoms with E-state index < -0.39 is 47.8 Å². The molecule has 18 nitrogen and oxygen atoms in total. The first-order valence-electron chi connectivity index (χ1n) is 14.0. The molecule has 0 heterocycles. The highest BCUT2D eigenvalue weighted by atomic mass is 16.6. The lowest BCUT2D eigenvalue weighted by Gasteiger charge is -2.24. The number of azo groups is 3. The van der Waals surface area contributed by atoms with Crippen molar-refractivity contribution >= 4 is 36.6 Å². The van der Waals surface area contributed by atoms with Crippen molar-refractivity contribution in [1.82, 2.24) is 0 Å². The van der Waals surface area contributed by atoms with Crippen molar-refractivity contribution in [2.75, 3.05) is 7.11 Å². The van der Waals surface area contributed by atoms with Gasteiger partial charge in [0.2, 0.25) is 0 Å². The van der Waals surface area contributed by atoms with Gasteiger partial charge < -0.3 is 28.4 Å². The van der Waals surface area contributed by atoms with E-state index >= 15 is 0 Å². The summed E-state index contributed by atoms with van der Waals surface area (Å²) in [5, 5.41) is 18.8. The molecule has 18 heteroatoms. The molecular formula is C30H34N6O12. The number of hydrogen-bond acceptors (Lipinski definition) is 12. The molecule has 0 aliphatic heterocycles. The van der Waals surface area contributed by atoms with Crippen LogP contribution in [0.25, 0.3) is 0 Å². The molecule has 0 saturated carbocycles. The van der Waals surface area contributed by atoms with Gasteiger partial charge in [0.05, 0.1) is 7.11 Å². The fraction of sp³-hybridized carbons (Fsp3) is 0.400. The molecule has 0 aromatic heterocycles. The number of carbonyl (C=O) groups is 6. The first-order valence-corrected chi connectivity index (χ1v) is 14.0. The second-order valence-electron chi connectivity index (χ2n) is 11.2. The van der Waals surface area contributed by atoms with Gasteiger partial charge in [0.25, 0.3) is 0 Å². The van der Waals surface area contributed by atoms with E-state index in [1.807, 2.05) is 0 Å². The number of benzene rings is 2. The highest BCUT2D eigenvalue weighted by Crippen LogP contribution is 2.20. The average Bonchev–Trinajstić information content (AvgIpc) is 3.01. The summed E-state index contributed by atoms with van der Waals surface area (Å²) in [6.07, 6.45) is -6.33. The molecule has 0 radical (unpaired) electrons. The van der Waals surface area contributed by atoms with Crippen LogP contribution in [-0.2, 0) is 54.7 Å². The molecular weight excluding hydrogens is 636 g/mol. The second-order valence-corrected chi connectivity index (χ2v) is 11.2. The van der Waals surface area contributed by atoms with E-state index in [1.165, 1.54) is 0 Å². The molecule has 0 saturated heterocycles. The lowest BCUT2D eigenvalue weighted by molar-refractivity contribution is 0.0422. The normalized spacial score (nSPS) is 11.7. The van der Waals surface area contributed by atoms with Crippen molar-refractivity contribution in [1.29, 1.82) is 0 Å². The standard InChI is InChI=1S/C30H34N6O12/c1-29(2,3)47-27(41)35-36-28(42)48-30(4,5)15-19-9-7-10-20(13-19)16-44-25(39)33-34-26(40)46-18-22-12-8-11-21(14-22)17-45-24(38)32-31-23(37)43-6/h7-14H,15-18H2,1-6H3/b32-31+,34-33+,36-35+. The Morgan fingerprint density at radius 3 is 1.29 bits per heavy atom. The third kappa shape index (κ3) is 16.4. The minimum atomic E-state index is -1.16. The Hall–Kier alpha value is -5.94. The highest BCUT2D eigenvalue weighted by Gasteiger charge is 2.24. The highest BCUT2D eigenvalue weighted by molar-refractivity contribution is 5.74. The van der Waals surface area contributed by atoms with E-state index in [0.717, 1.165) is 12.7 Å². The van der Waals surface area contributed by atoms with E-state index in [-0.39, 0.29) is 26.2 Å². The monoisotopic (exact) mass is 670 g/mol. The van der Waals surface area contributed by atoms with Crippen LogP contribution in [0.2, 0.25) is 0 Å². The van der Waals surface area contributed by atoms with Gasteiger partial charge in [-0.2, -0.15) is 0 Å². The molecule has 48 heavy (non-hydrogen) atoms. The number of nitrogens with zero attached hydrogens (tertiary/aromatic N) is 6. The fourth-order valence-electron chi connectivity index (χ4n) is 3.51. The van der Waals surface area contributed by atoms with Gasteiger partial charge in [0, 0.05) is 6.42 Å². The van der Waals surface area contributed by atoms with E-state index in [4.69, 9.17) is 23.7 Å². The molecule has 0 unspecified atom stereocenters. The lowest BCUT2D eigenvalue weighted by Crippen LogP contribution is -2.29. The van der Waals surface area contributed by atoms with Crippen molar-refractivity contribution in [3.63, 3.8) is 0 Å². The Morgan fingerprint density at radius 1 is 0.521 bits per heavy atom.